The van der Waals surface area contributed by atoms with Crippen molar-refractivity contribution in [3.8, 4) is 0 Å². The van der Waals surface area contributed by atoms with Gasteiger partial charge in [-0.3, -0.25) is 9.79 Å². The molecule has 1 aliphatic rings. The number of nitrogens with zero attached hydrogens (tertiary/aromatic N) is 3. The quantitative estimate of drug-likeness (QED) is 0.420. The summed E-state index contributed by atoms with van der Waals surface area (Å²) < 4.78 is 0. The van der Waals surface area contributed by atoms with Crippen LogP contribution in [-0.2, 0) is 17.6 Å². The van der Waals surface area contributed by atoms with Crippen LogP contribution >= 0.6 is 11.3 Å². The molecular weight excluding hydrogens is 368 g/mol. The molecule has 0 unspecified atom stereocenters. The third kappa shape index (κ3) is 5.35. The van der Waals surface area contributed by atoms with Crippen molar-refractivity contribution < 1.29 is 4.79 Å². The molecule has 5 nitrogen and oxygen atoms in total. The largest absolute Gasteiger partial charge is 0.357 e. The van der Waals surface area contributed by atoms with Gasteiger partial charge in [-0.2, -0.15) is 0 Å². The van der Waals surface area contributed by atoms with Gasteiger partial charge in [0, 0.05) is 50.2 Å². The minimum atomic E-state index is 0.205. The van der Waals surface area contributed by atoms with E-state index < -0.39 is 0 Å². The van der Waals surface area contributed by atoms with Crippen molar-refractivity contribution >= 4 is 28.9 Å². The second kappa shape index (κ2) is 10.3. The number of carbonyl (C=O) groups excluding carboxylic acids is 1. The summed E-state index contributed by atoms with van der Waals surface area (Å²) in [4.78, 5) is 22.8. The molecule has 0 atom stereocenters. The third-order valence-corrected chi connectivity index (χ3v) is 5.90. The Labute approximate surface area is 172 Å². The van der Waals surface area contributed by atoms with Gasteiger partial charge in [0.1, 0.15) is 0 Å². The molecule has 1 N–H and O–H groups in total. The zero-order valence-corrected chi connectivity index (χ0v) is 17.7. The Hall–Kier alpha value is -2.34. The van der Waals surface area contributed by atoms with Crippen molar-refractivity contribution in [2.24, 2.45) is 4.99 Å². The fourth-order valence-electron chi connectivity index (χ4n) is 3.46. The molecule has 0 fully saturated rings. The maximum Gasteiger partial charge on any atom is 0.227 e. The molecule has 1 amide bonds. The minimum absolute atomic E-state index is 0.205. The fourth-order valence-corrected chi connectivity index (χ4v) is 4.15. The lowest BCUT2D eigenvalue weighted by Crippen LogP contribution is -2.40. The molecule has 1 aromatic carbocycles. The van der Waals surface area contributed by atoms with Gasteiger partial charge in [-0.15, -0.1) is 11.3 Å². The van der Waals surface area contributed by atoms with E-state index in [1.54, 1.807) is 11.3 Å². The third-order valence-electron chi connectivity index (χ3n) is 4.97. The molecular formula is C22H30N4OS. The predicted octanol–water partition coefficient (Wildman–Crippen LogP) is 3.56. The van der Waals surface area contributed by atoms with Crippen LogP contribution in [0.1, 0.15) is 30.2 Å². The summed E-state index contributed by atoms with van der Waals surface area (Å²) in [6.45, 7) is 5.31. The molecule has 28 heavy (non-hydrogen) atoms. The molecule has 1 aromatic heterocycles. The number of likely N-dealkylation sites (N-methyl/N-ethyl adjacent to an activating group) is 1. The Morgan fingerprint density at radius 2 is 2.14 bits per heavy atom. The molecule has 0 aliphatic carbocycles. The molecule has 0 saturated heterocycles. The number of hydrogen-bond donors (Lipinski definition) is 1. The van der Waals surface area contributed by atoms with E-state index in [-0.39, 0.29) is 5.91 Å². The summed E-state index contributed by atoms with van der Waals surface area (Å²) in [7, 11) is 2.07. The highest BCUT2D eigenvalue weighted by atomic mass is 32.1. The Balaban J connectivity index is 1.46. The van der Waals surface area contributed by atoms with E-state index >= 15 is 0 Å². The van der Waals surface area contributed by atoms with E-state index in [1.807, 2.05) is 23.1 Å². The first-order valence-electron chi connectivity index (χ1n) is 10.1. The van der Waals surface area contributed by atoms with Gasteiger partial charge in [0.15, 0.2) is 5.96 Å². The SMILES string of the molecule is CCNC(=NCCCC(=O)N1CCc2ccccc21)N(C)CCc1cccs1. The standard InChI is InChI=1S/C22H30N4OS/c1-3-23-22(25(2)15-13-19-9-7-17-28-19)24-14-6-11-21(27)26-16-12-18-8-4-5-10-20(18)26/h4-5,7-10,17H,3,6,11-16H2,1-2H3,(H,23,24). The Morgan fingerprint density at radius 1 is 1.29 bits per heavy atom. The highest BCUT2D eigenvalue weighted by Gasteiger charge is 2.23. The second-order valence-electron chi connectivity index (χ2n) is 7.01. The van der Waals surface area contributed by atoms with Crippen LogP contribution in [0.2, 0.25) is 0 Å². The summed E-state index contributed by atoms with van der Waals surface area (Å²) in [5.41, 5.74) is 2.35. The normalized spacial score (nSPS) is 13.5. The lowest BCUT2D eigenvalue weighted by molar-refractivity contribution is -0.118. The van der Waals surface area contributed by atoms with Crippen LogP contribution in [0.15, 0.2) is 46.8 Å². The Bertz CT molecular complexity index is 788. The van der Waals surface area contributed by atoms with Crippen molar-refractivity contribution in [2.45, 2.75) is 32.6 Å². The molecule has 0 saturated carbocycles. The minimum Gasteiger partial charge on any atom is -0.357 e. The molecule has 1 aliphatic heterocycles. The lowest BCUT2D eigenvalue weighted by atomic mass is 10.2. The van der Waals surface area contributed by atoms with Gasteiger partial charge in [-0.25, -0.2) is 0 Å². The summed E-state index contributed by atoms with van der Waals surface area (Å²) in [5, 5.41) is 5.47. The maximum atomic E-state index is 12.6. The first-order valence-corrected chi connectivity index (χ1v) is 11.0. The molecule has 2 aromatic rings. The number of fused-ring (bicyclic) bond motifs is 1. The van der Waals surface area contributed by atoms with Crippen LogP contribution in [0.3, 0.4) is 0 Å². The zero-order chi connectivity index (χ0) is 19.8. The van der Waals surface area contributed by atoms with Crippen LogP contribution in [0.4, 0.5) is 5.69 Å². The second-order valence-corrected chi connectivity index (χ2v) is 8.05. The fraction of sp³-hybridized carbons (Fsp3) is 0.455. The monoisotopic (exact) mass is 398 g/mol. The lowest BCUT2D eigenvalue weighted by Gasteiger charge is -2.22. The van der Waals surface area contributed by atoms with Crippen molar-refractivity contribution in [1.29, 1.82) is 0 Å². The number of anilines is 1. The first kappa shape index (κ1) is 20.4. The number of benzene rings is 1. The Morgan fingerprint density at radius 3 is 2.93 bits per heavy atom. The molecule has 2 heterocycles. The van der Waals surface area contributed by atoms with Crippen LogP contribution < -0.4 is 10.2 Å². The van der Waals surface area contributed by atoms with Gasteiger partial charge in [0.05, 0.1) is 0 Å². The molecule has 0 radical (unpaired) electrons. The van der Waals surface area contributed by atoms with Gasteiger partial charge in [0.25, 0.3) is 0 Å². The summed E-state index contributed by atoms with van der Waals surface area (Å²) >= 11 is 1.79. The van der Waals surface area contributed by atoms with E-state index in [0.717, 1.165) is 50.5 Å². The highest BCUT2D eigenvalue weighted by Crippen LogP contribution is 2.28. The highest BCUT2D eigenvalue weighted by molar-refractivity contribution is 7.09. The van der Waals surface area contributed by atoms with E-state index in [0.29, 0.717) is 13.0 Å². The first-order chi connectivity index (χ1) is 13.7. The van der Waals surface area contributed by atoms with Crippen molar-refractivity contribution in [3.63, 3.8) is 0 Å². The smallest absolute Gasteiger partial charge is 0.227 e. The number of para-hydroxylation sites is 1. The maximum absolute atomic E-state index is 12.6. The summed E-state index contributed by atoms with van der Waals surface area (Å²) in [5.74, 6) is 1.12. The van der Waals surface area contributed by atoms with E-state index in [1.165, 1.54) is 10.4 Å². The topological polar surface area (TPSA) is 47.9 Å². The molecule has 3 rings (SSSR count). The van der Waals surface area contributed by atoms with E-state index in [9.17, 15) is 4.79 Å². The van der Waals surface area contributed by atoms with Gasteiger partial charge >= 0.3 is 0 Å². The molecule has 0 bridgehead atoms. The number of aliphatic imine (C=N–C) groups is 1. The average molecular weight is 399 g/mol. The van der Waals surface area contributed by atoms with E-state index in [4.69, 9.17) is 4.99 Å². The van der Waals surface area contributed by atoms with Gasteiger partial charge in [0.2, 0.25) is 5.91 Å². The van der Waals surface area contributed by atoms with Crippen molar-refractivity contribution in [1.82, 2.24) is 10.2 Å². The number of amides is 1. The molecule has 6 heteroatoms. The van der Waals surface area contributed by atoms with Crippen LogP contribution in [-0.4, -0.2) is 50.0 Å². The van der Waals surface area contributed by atoms with Crippen LogP contribution in [0, 0.1) is 0 Å². The van der Waals surface area contributed by atoms with E-state index in [2.05, 4.69) is 47.8 Å². The average Bonchev–Trinajstić information content (AvgIpc) is 3.38. The van der Waals surface area contributed by atoms with Gasteiger partial charge < -0.3 is 15.1 Å². The molecule has 0 spiro atoms. The Kier molecular flexibility index (Phi) is 7.48. The van der Waals surface area contributed by atoms with Crippen molar-refractivity contribution in [2.75, 3.05) is 38.1 Å². The number of rotatable bonds is 8. The van der Waals surface area contributed by atoms with Crippen molar-refractivity contribution in [3.05, 3.63) is 52.2 Å². The van der Waals surface area contributed by atoms with Crippen LogP contribution in [0.5, 0.6) is 0 Å². The summed E-state index contributed by atoms with van der Waals surface area (Å²) in [6.07, 6.45) is 3.28. The van der Waals surface area contributed by atoms with Gasteiger partial charge in [-0.1, -0.05) is 24.3 Å². The number of carbonyl (C=O) groups is 1. The number of guanidine groups is 1. The predicted molar refractivity (Wildman–Crippen MR) is 118 cm³/mol. The number of nitrogens with one attached hydrogen (secondary N) is 1. The number of thiophene rings is 1. The number of hydrogen-bond acceptors (Lipinski definition) is 3. The zero-order valence-electron chi connectivity index (χ0n) is 16.9. The van der Waals surface area contributed by atoms with Gasteiger partial charge in [-0.05, 0) is 49.3 Å². The van der Waals surface area contributed by atoms with Crippen LogP contribution in [0.25, 0.3) is 0 Å². The molecule has 150 valence electrons. The summed E-state index contributed by atoms with van der Waals surface area (Å²) in [6, 6.07) is 12.5.